The number of rotatable bonds is 19. The predicted octanol–water partition coefficient (Wildman–Crippen LogP) is 6.41. The van der Waals surface area contributed by atoms with Crippen LogP contribution in [0.1, 0.15) is 122 Å². The molecule has 3 heteroatoms. The number of hydrogen-bond acceptors (Lipinski definition) is 2. The highest BCUT2D eigenvalue weighted by Crippen LogP contribution is 2.14. The molecule has 156 valence electrons. The summed E-state index contributed by atoms with van der Waals surface area (Å²) in [6.45, 7) is 2.29. The van der Waals surface area contributed by atoms with Gasteiger partial charge in [-0.15, -0.1) is 5.10 Å². The SMILES string of the molecule is CCCCCCCCCCCCCCCCCCC/C([O-])=N/[N+](C)(C)C. The van der Waals surface area contributed by atoms with Crippen molar-refractivity contribution in [2.45, 2.75) is 122 Å². The first-order valence-corrected chi connectivity index (χ1v) is 11.5. The molecule has 0 aromatic carbocycles. The van der Waals surface area contributed by atoms with E-state index in [1.54, 1.807) is 0 Å². The molecular weight excluding hydrogens is 320 g/mol. The fourth-order valence-electron chi connectivity index (χ4n) is 3.39. The van der Waals surface area contributed by atoms with E-state index in [-0.39, 0.29) is 5.90 Å². The topological polar surface area (TPSA) is 35.4 Å². The number of quaternary nitrogens is 1. The average molecular weight is 369 g/mol. The largest absolute Gasteiger partial charge is 0.858 e. The van der Waals surface area contributed by atoms with Gasteiger partial charge in [-0.1, -0.05) is 110 Å². The van der Waals surface area contributed by atoms with Crippen LogP contribution in [0.3, 0.4) is 0 Å². The van der Waals surface area contributed by atoms with Gasteiger partial charge >= 0.3 is 0 Å². The second kappa shape index (κ2) is 17.8. The maximum absolute atomic E-state index is 11.6. The van der Waals surface area contributed by atoms with Gasteiger partial charge in [-0.05, 0) is 12.8 Å². The first kappa shape index (κ1) is 25.4. The van der Waals surface area contributed by atoms with E-state index in [9.17, 15) is 5.11 Å². The normalized spacial score (nSPS) is 12.7. The lowest BCUT2D eigenvalue weighted by atomic mass is 10.0. The Balaban J connectivity index is 3.17. The van der Waals surface area contributed by atoms with Crippen LogP contribution in [0, 0.1) is 0 Å². The Morgan fingerprint density at radius 3 is 1.19 bits per heavy atom. The Labute approximate surface area is 164 Å². The molecule has 0 atom stereocenters. The first-order chi connectivity index (χ1) is 12.5. The summed E-state index contributed by atoms with van der Waals surface area (Å²) >= 11 is 0. The lowest BCUT2D eigenvalue weighted by Crippen LogP contribution is -2.32. The molecule has 0 N–H and O–H groups in total. The van der Waals surface area contributed by atoms with Crippen LogP contribution in [0.5, 0.6) is 0 Å². The molecule has 26 heavy (non-hydrogen) atoms. The van der Waals surface area contributed by atoms with Crippen molar-refractivity contribution in [3.63, 3.8) is 0 Å². The second-order valence-electron chi connectivity index (χ2n) is 8.84. The molecule has 0 unspecified atom stereocenters. The molecule has 0 fully saturated rings. The van der Waals surface area contributed by atoms with Crippen molar-refractivity contribution in [3.05, 3.63) is 0 Å². The van der Waals surface area contributed by atoms with Gasteiger partial charge in [-0.2, -0.15) is 0 Å². The van der Waals surface area contributed by atoms with Crippen molar-refractivity contribution >= 4 is 5.90 Å². The highest BCUT2D eigenvalue weighted by atomic mass is 16.3. The molecule has 0 radical (unpaired) electrons. The molecule has 0 rings (SSSR count). The highest BCUT2D eigenvalue weighted by molar-refractivity contribution is 5.70. The molecule has 0 saturated heterocycles. The maximum Gasteiger partial charge on any atom is 0.0923 e. The smallest absolute Gasteiger partial charge is 0.0923 e. The molecule has 0 saturated carbocycles. The van der Waals surface area contributed by atoms with Crippen molar-refractivity contribution in [3.8, 4) is 0 Å². The van der Waals surface area contributed by atoms with E-state index in [0.717, 1.165) is 6.42 Å². The first-order valence-electron chi connectivity index (χ1n) is 11.5. The van der Waals surface area contributed by atoms with E-state index in [4.69, 9.17) is 0 Å². The maximum atomic E-state index is 11.6. The van der Waals surface area contributed by atoms with E-state index >= 15 is 0 Å². The summed E-state index contributed by atoms with van der Waals surface area (Å²) < 4.78 is 0.387. The van der Waals surface area contributed by atoms with Crippen LogP contribution in [0.25, 0.3) is 0 Å². The fraction of sp³-hybridized carbons (Fsp3) is 0.957. The third-order valence-electron chi connectivity index (χ3n) is 4.91. The zero-order chi connectivity index (χ0) is 19.5. The van der Waals surface area contributed by atoms with Gasteiger partial charge in [0.1, 0.15) is 0 Å². The monoisotopic (exact) mass is 368 g/mol. The molecule has 0 heterocycles. The molecule has 0 aliphatic rings. The molecular formula is C23H48N2O. The second-order valence-corrected chi connectivity index (χ2v) is 8.84. The molecule has 0 bridgehead atoms. The molecule has 0 amide bonds. The van der Waals surface area contributed by atoms with Gasteiger partial charge in [-0.25, -0.2) is 4.59 Å². The minimum Gasteiger partial charge on any atom is -0.858 e. The van der Waals surface area contributed by atoms with Crippen molar-refractivity contribution in [1.29, 1.82) is 0 Å². The average Bonchev–Trinajstić information content (AvgIpc) is 2.56. The Kier molecular flexibility index (Phi) is 17.4. The number of unbranched alkanes of at least 4 members (excludes halogenated alkanes) is 16. The number of nitrogens with zero attached hydrogens (tertiary/aromatic N) is 2. The number of hydrogen-bond donors (Lipinski definition) is 0. The molecule has 3 nitrogen and oxygen atoms in total. The minimum atomic E-state index is 0.0541. The Hall–Kier alpha value is -0.570. The zero-order valence-corrected chi connectivity index (χ0v) is 18.5. The fourth-order valence-corrected chi connectivity index (χ4v) is 3.39. The van der Waals surface area contributed by atoms with Crippen LogP contribution in [0.4, 0.5) is 0 Å². The van der Waals surface area contributed by atoms with Crippen molar-refractivity contribution in [1.82, 2.24) is 0 Å². The molecule has 0 aliphatic heterocycles. The van der Waals surface area contributed by atoms with Crippen LogP contribution >= 0.6 is 0 Å². The van der Waals surface area contributed by atoms with Crippen LogP contribution in [-0.4, -0.2) is 31.6 Å². The van der Waals surface area contributed by atoms with Crippen molar-refractivity contribution in [2.24, 2.45) is 5.10 Å². The Morgan fingerprint density at radius 1 is 0.577 bits per heavy atom. The lowest BCUT2D eigenvalue weighted by molar-refractivity contribution is -0.878. The highest BCUT2D eigenvalue weighted by Gasteiger charge is 2.02. The molecule has 0 aliphatic carbocycles. The van der Waals surface area contributed by atoms with Crippen molar-refractivity contribution < 1.29 is 9.70 Å². The summed E-state index contributed by atoms with van der Waals surface area (Å²) in [6, 6.07) is 0. The van der Waals surface area contributed by atoms with Gasteiger partial charge in [0.05, 0.1) is 21.1 Å². The summed E-state index contributed by atoms with van der Waals surface area (Å²) in [7, 11) is 5.77. The van der Waals surface area contributed by atoms with E-state index in [1.807, 2.05) is 21.1 Å². The van der Waals surface area contributed by atoms with Gasteiger partial charge in [0, 0.05) is 5.90 Å². The Morgan fingerprint density at radius 2 is 0.885 bits per heavy atom. The summed E-state index contributed by atoms with van der Waals surface area (Å²) in [5.74, 6) is 0.0541. The van der Waals surface area contributed by atoms with Gasteiger partial charge in [0.15, 0.2) is 0 Å². The zero-order valence-electron chi connectivity index (χ0n) is 18.5. The van der Waals surface area contributed by atoms with E-state index in [1.165, 1.54) is 103 Å². The third kappa shape index (κ3) is 21.5. The molecule has 0 spiro atoms. The standard InChI is InChI=1S/C23H48N2O/c1-5-6-7-8-9-10-11-12-13-14-15-16-17-18-19-20-21-22-23(26)24-25(2,3)4/h5-22H2,1-4H3. The summed E-state index contributed by atoms with van der Waals surface area (Å²) in [5.41, 5.74) is 0. The van der Waals surface area contributed by atoms with Crippen molar-refractivity contribution in [2.75, 3.05) is 21.1 Å². The minimum absolute atomic E-state index is 0.0541. The Bertz CT molecular complexity index is 321. The predicted molar refractivity (Wildman–Crippen MR) is 114 cm³/mol. The lowest BCUT2D eigenvalue weighted by Gasteiger charge is -2.20. The van der Waals surface area contributed by atoms with Crippen LogP contribution in [0.15, 0.2) is 5.10 Å². The van der Waals surface area contributed by atoms with Gasteiger partial charge in [0.2, 0.25) is 0 Å². The van der Waals surface area contributed by atoms with Crippen LogP contribution in [-0.2, 0) is 0 Å². The van der Waals surface area contributed by atoms with E-state index in [0.29, 0.717) is 11.0 Å². The van der Waals surface area contributed by atoms with Gasteiger partial charge in [-0.3, -0.25) is 0 Å². The third-order valence-corrected chi connectivity index (χ3v) is 4.91. The summed E-state index contributed by atoms with van der Waals surface area (Å²) in [5, 5.41) is 15.8. The quantitative estimate of drug-likeness (QED) is 0.0853. The van der Waals surface area contributed by atoms with E-state index in [2.05, 4.69) is 12.0 Å². The molecule has 0 aromatic rings. The molecule has 0 aromatic heterocycles. The van der Waals surface area contributed by atoms with E-state index < -0.39 is 0 Å². The summed E-state index contributed by atoms with van der Waals surface area (Å²) in [4.78, 5) is 0. The van der Waals surface area contributed by atoms with Gasteiger partial charge < -0.3 is 5.11 Å². The summed E-state index contributed by atoms with van der Waals surface area (Å²) in [6.07, 6.45) is 23.9. The van der Waals surface area contributed by atoms with Gasteiger partial charge in [0.25, 0.3) is 0 Å². The van der Waals surface area contributed by atoms with Crippen LogP contribution in [0.2, 0.25) is 0 Å². The van der Waals surface area contributed by atoms with Crippen LogP contribution < -0.4 is 5.11 Å².